The fourth-order valence-electron chi connectivity index (χ4n) is 1.68. The van der Waals surface area contributed by atoms with E-state index in [0.29, 0.717) is 12.5 Å². The zero-order valence-electron chi connectivity index (χ0n) is 8.96. The second kappa shape index (κ2) is 5.86. The summed E-state index contributed by atoms with van der Waals surface area (Å²) < 4.78 is 0. The maximum absolute atomic E-state index is 11.5. The Morgan fingerprint density at radius 3 is 2.71 bits per heavy atom. The van der Waals surface area contributed by atoms with Crippen LogP contribution < -0.4 is 11.1 Å². The standard InChI is InChI=1S/C10H21N3O/c1-9(4-5-11)8-12-10(14)13-6-2-3-7-13/h9H,2-8,11H2,1H3,(H,12,14). The molecule has 1 heterocycles. The van der Waals surface area contributed by atoms with Crippen LogP contribution in [0.5, 0.6) is 0 Å². The summed E-state index contributed by atoms with van der Waals surface area (Å²) in [6.07, 6.45) is 3.26. The second-order valence-electron chi connectivity index (χ2n) is 4.06. The third kappa shape index (κ3) is 3.54. The molecule has 0 saturated carbocycles. The largest absolute Gasteiger partial charge is 0.338 e. The van der Waals surface area contributed by atoms with Crippen molar-refractivity contribution in [3.05, 3.63) is 0 Å². The molecule has 2 amide bonds. The Morgan fingerprint density at radius 2 is 2.14 bits per heavy atom. The number of carbonyl (C=O) groups excluding carboxylic acids is 1. The number of nitrogens with two attached hydrogens (primary N) is 1. The quantitative estimate of drug-likeness (QED) is 0.703. The molecule has 1 unspecified atom stereocenters. The lowest BCUT2D eigenvalue weighted by Gasteiger charge is -2.18. The van der Waals surface area contributed by atoms with Crippen LogP contribution in [0.15, 0.2) is 0 Å². The van der Waals surface area contributed by atoms with E-state index in [2.05, 4.69) is 12.2 Å². The van der Waals surface area contributed by atoms with E-state index in [1.807, 2.05) is 4.90 Å². The summed E-state index contributed by atoms with van der Waals surface area (Å²) in [7, 11) is 0. The Hall–Kier alpha value is -0.770. The van der Waals surface area contributed by atoms with Crippen LogP contribution in [0.1, 0.15) is 26.2 Å². The lowest BCUT2D eigenvalue weighted by atomic mass is 10.1. The van der Waals surface area contributed by atoms with E-state index in [1.54, 1.807) is 0 Å². The van der Waals surface area contributed by atoms with Crippen LogP contribution in [0.25, 0.3) is 0 Å². The summed E-state index contributed by atoms with van der Waals surface area (Å²) in [6, 6.07) is 0.0892. The zero-order valence-corrected chi connectivity index (χ0v) is 8.96. The Morgan fingerprint density at radius 1 is 1.50 bits per heavy atom. The molecule has 3 N–H and O–H groups in total. The van der Waals surface area contributed by atoms with Gasteiger partial charge in [0.25, 0.3) is 0 Å². The molecule has 0 aromatic rings. The highest BCUT2D eigenvalue weighted by Gasteiger charge is 2.17. The first-order valence-corrected chi connectivity index (χ1v) is 5.47. The first kappa shape index (κ1) is 11.3. The van der Waals surface area contributed by atoms with Gasteiger partial charge in [-0.05, 0) is 31.7 Å². The molecule has 1 saturated heterocycles. The molecule has 0 aliphatic carbocycles. The Bertz CT molecular complexity index is 178. The number of nitrogens with one attached hydrogen (secondary N) is 1. The summed E-state index contributed by atoms with van der Waals surface area (Å²) in [5, 5.41) is 2.94. The van der Waals surface area contributed by atoms with Crippen molar-refractivity contribution in [1.29, 1.82) is 0 Å². The number of hydrogen-bond donors (Lipinski definition) is 2. The number of hydrogen-bond acceptors (Lipinski definition) is 2. The molecule has 0 spiro atoms. The minimum atomic E-state index is 0.0892. The van der Waals surface area contributed by atoms with Crippen LogP contribution in [0, 0.1) is 5.92 Å². The maximum Gasteiger partial charge on any atom is 0.317 e. The molecule has 0 aromatic carbocycles. The highest BCUT2D eigenvalue weighted by atomic mass is 16.2. The molecule has 1 fully saturated rings. The third-order valence-corrected chi connectivity index (χ3v) is 2.65. The lowest BCUT2D eigenvalue weighted by Crippen LogP contribution is -2.40. The molecule has 1 aliphatic heterocycles. The molecule has 1 rings (SSSR count). The van der Waals surface area contributed by atoms with Crippen molar-refractivity contribution >= 4 is 6.03 Å². The first-order chi connectivity index (χ1) is 6.74. The van der Waals surface area contributed by atoms with Gasteiger partial charge in [0.2, 0.25) is 0 Å². The van der Waals surface area contributed by atoms with E-state index in [4.69, 9.17) is 5.73 Å². The highest BCUT2D eigenvalue weighted by molar-refractivity contribution is 5.74. The predicted molar refractivity (Wildman–Crippen MR) is 57.0 cm³/mol. The number of rotatable bonds is 4. The average Bonchev–Trinajstić information content (AvgIpc) is 2.67. The summed E-state index contributed by atoms with van der Waals surface area (Å²) in [5.74, 6) is 0.478. The number of nitrogens with zero attached hydrogens (tertiary/aromatic N) is 1. The van der Waals surface area contributed by atoms with Gasteiger partial charge in [-0.2, -0.15) is 0 Å². The fraction of sp³-hybridized carbons (Fsp3) is 0.900. The maximum atomic E-state index is 11.5. The van der Waals surface area contributed by atoms with Crippen molar-refractivity contribution < 1.29 is 4.79 Å². The summed E-state index contributed by atoms with van der Waals surface area (Å²) >= 11 is 0. The van der Waals surface area contributed by atoms with Gasteiger partial charge in [-0.1, -0.05) is 6.92 Å². The van der Waals surface area contributed by atoms with Crippen LogP contribution in [-0.4, -0.2) is 37.1 Å². The summed E-state index contributed by atoms with van der Waals surface area (Å²) in [5.41, 5.74) is 5.43. The molecule has 14 heavy (non-hydrogen) atoms. The van der Waals surface area contributed by atoms with Gasteiger partial charge in [-0.3, -0.25) is 0 Å². The van der Waals surface area contributed by atoms with Crippen LogP contribution in [0.2, 0.25) is 0 Å². The number of carbonyl (C=O) groups is 1. The molecule has 4 heteroatoms. The smallest absolute Gasteiger partial charge is 0.317 e. The van der Waals surface area contributed by atoms with Crippen molar-refractivity contribution in [2.24, 2.45) is 11.7 Å². The van der Waals surface area contributed by atoms with Crippen molar-refractivity contribution in [2.75, 3.05) is 26.2 Å². The van der Waals surface area contributed by atoms with Crippen LogP contribution in [-0.2, 0) is 0 Å². The number of amides is 2. The lowest BCUT2D eigenvalue weighted by molar-refractivity contribution is 0.207. The van der Waals surface area contributed by atoms with E-state index in [-0.39, 0.29) is 6.03 Å². The molecular weight excluding hydrogens is 178 g/mol. The van der Waals surface area contributed by atoms with Crippen LogP contribution >= 0.6 is 0 Å². The molecule has 1 aliphatic rings. The molecule has 82 valence electrons. The normalized spacial score (nSPS) is 18.3. The van der Waals surface area contributed by atoms with E-state index in [0.717, 1.165) is 38.9 Å². The van der Waals surface area contributed by atoms with E-state index < -0.39 is 0 Å². The second-order valence-corrected chi connectivity index (χ2v) is 4.06. The Balaban J connectivity index is 2.13. The van der Waals surface area contributed by atoms with Crippen LogP contribution in [0.3, 0.4) is 0 Å². The fourth-order valence-corrected chi connectivity index (χ4v) is 1.68. The van der Waals surface area contributed by atoms with Gasteiger partial charge in [-0.15, -0.1) is 0 Å². The van der Waals surface area contributed by atoms with Gasteiger partial charge in [-0.25, -0.2) is 4.79 Å². The Labute approximate surface area is 85.8 Å². The van der Waals surface area contributed by atoms with Gasteiger partial charge in [0.05, 0.1) is 0 Å². The number of urea groups is 1. The molecule has 0 aromatic heterocycles. The summed E-state index contributed by atoms with van der Waals surface area (Å²) in [6.45, 7) is 5.37. The summed E-state index contributed by atoms with van der Waals surface area (Å²) in [4.78, 5) is 13.4. The van der Waals surface area contributed by atoms with E-state index in [9.17, 15) is 4.79 Å². The van der Waals surface area contributed by atoms with Crippen molar-refractivity contribution in [3.8, 4) is 0 Å². The average molecular weight is 199 g/mol. The van der Waals surface area contributed by atoms with Gasteiger partial charge in [0.15, 0.2) is 0 Å². The SMILES string of the molecule is CC(CCN)CNC(=O)N1CCCC1. The first-order valence-electron chi connectivity index (χ1n) is 5.47. The van der Waals surface area contributed by atoms with Crippen molar-refractivity contribution in [1.82, 2.24) is 10.2 Å². The van der Waals surface area contributed by atoms with Gasteiger partial charge >= 0.3 is 6.03 Å². The van der Waals surface area contributed by atoms with Crippen LogP contribution in [0.4, 0.5) is 4.79 Å². The van der Waals surface area contributed by atoms with Crippen molar-refractivity contribution in [2.45, 2.75) is 26.2 Å². The molecule has 0 radical (unpaired) electrons. The minimum Gasteiger partial charge on any atom is -0.338 e. The monoisotopic (exact) mass is 199 g/mol. The van der Waals surface area contributed by atoms with E-state index in [1.165, 1.54) is 0 Å². The minimum absolute atomic E-state index is 0.0892. The number of likely N-dealkylation sites (tertiary alicyclic amines) is 1. The van der Waals surface area contributed by atoms with E-state index >= 15 is 0 Å². The van der Waals surface area contributed by atoms with Crippen molar-refractivity contribution in [3.63, 3.8) is 0 Å². The van der Waals surface area contributed by atoms with Gasteiger partial charge < -0.3 is 16.0 Å². The zero-order chi connectivity index (χ0) is 10.4. The topological polar surface area (TPSA) is 58.4 Å². The van der Waals surface area contributed by atoms with Gasteiger partial charge in [0, 0.05) is 19.6 Å². The third-order valence-electron chi connectivity index (χ3n) is 2.65. The predicted octanol–water partition coefficient (Wildman–Crippen LogP) is 0.777. The molecule has 4 nitrogen and oxygen atoms in total. The van der Waals surface area contributed by atoms with Gasteiger partial charge in [0.1, 0.15) is 0 Å². The highest BCUT2D eigenvalue weighted by Crippen LogP contribution is 2.07. The molecule has 1 atom stereocenters. The molecule has 0 bridgehead atoms. The molecular formula is C10H21N3O. The Kier molecular flexibility index (Phi) is 4.73.